The topological polar surface area (TPSA) is 87.7 Å². The van der Waals surface area contributed by atoms with Gasteiger partial charge in [0.25, 0.3) is 5.91 Å². The van der Waals surface area contributed by atoms with Crippen LogP contribution in [-0.4, -0.2) is 53.5 Å². The molecule has 1 aliphatic heterocycles. The van der Waals surface area contributed by atoms with E-state index in [1.165, 1.54) is 0 Å². The second kappa shape index (κ2) is 9.28. The number of amides is 2. The van der Waals surface area contributed by atoms with Crippen LogP contribution in [0.2, 0.25) is 0 Å². The molecule has 1 atom stereocenters. The molecule has 1 aromatic rings. The Kier molecular flexibility index (Phi) is 7.08. The zero-order valence-corrected chi connectivity index (χ0v) is 15.7. The molecule has 0 unspecified atom stereocenters. The summed E-state index contributed by atoms with van der Waals surface area (Å²) in [6.45, 7) is 4.89. The van der Waals surface area contributed by atoms with E-state index in [1.807, 2.05) is 19.9 Å². The average Bonchev–Trinajstić information content (AvgIpc) is 2.61. The Bertz CT molecular complexity index is 707. The van der Waals surface area contributed by atoms with E-state index in [0.29, 0.717) is 31.7 Å². The van der Waals surface area contributed by atoms with Gasteiger partial charge in [-0.25, -0.2) is 0 Å². The number of carbonyl (C=O) groups is 3. The van der Waals surface area contributed by atoms with Crippen LogP contribution in [0, 0.1) is 6.92 Å². The summed E-state index contributed by atoms with van der Waals surface area (Å²) in [5, 5.41) is 5.48. The Morgan fingerprint density at radius 1 is 1.42 bits per heavy atom. The zero-order chi connectivity index (χ0) is 19.1. The first-order valence-corrected chi connectivity index (χ1v) is 8.95. The monoisotopic (exact) mass is 377 g/mol. The molecule has 0 bridgehead atoms. The molecule has 1 aromatic carbocycles. The fourth-order valence-electron chi connectivity index (χ4n) is 2.62. The molecule has 0 saturated carbocycles. The van der Waals surface area contributed by atoms with Gasteiger partial charge in [0.2, 0.25) is 5.91 Å². The maximum Gasteiger partial charge on any atom is 0.308 e. The molecule has 1 heterocycles. The van der Waals surface area contributed by atoms with Gasteiger partial charge in [-0.05, 0) is 37.7 Å². The van der Waals surface area contributed by atoms with Gasteiger partial charge in [0, 0.05) is 18.7 Å². The molecule has 0 spiro atoms. The predicted molar refractivity (Wildman–Crippen MR) is 101 cm³/mol. The van der Waals surface area contributed by atoms with Crippen LogP contribution in [0.25, 0.3) is 0 Å². The molecule has 0 radical (unpaired) electrons. The van der Waals surface area contributed by atoms with Crippen molar-refractivity contribution in [3.63, 3.8) is 0 Å². The molecular formula is C18H23N3O4S. The smallest absolute Gasteiger partial charge is 0.308 e. The number of esters is 1. The third kappa shape index (κ3) is 5.26. The number of hydrogen-bond donors (Lipinski definition) is 2. The van der Waals surface area contributed by atoms with E-state index >= 15 is 0 Å². The highest BCUT2D eigenvalue weighted by molar-refractivity contribution is 7.80. The van der Waals surface area contributed by atoms with Crippen LogP contribution in [0.5, 0.6) is 0 Å². The Labute approximate surface area is 158 Å². The normalized spacial score (nSPS) is 16.6. The maximum absolute atomic E-state index is 12.4. The van der Waals surface area contributed by atoms with Crippen molar-refractivity contribution < 1.29 is 19.1 Å². The summed E-state index contributed by atoms with van der Waals surface area (Å²) in [7, 11) is 0. The number of ether oxygens (including phenoxy) is 1. The highest BCUT2D eigenvalue weighted by Gasteiger charge is 2.34. The minimum Gasteiger partial charge on any atom is -0.466 e. The van der Waals surface area contributed by atoms with E-state index < -0.39 is 12.0 Å². The fourth-order valence-corrected chi connectivity index (χ4v) is 2.93. The van der Waals surface area contributed by atoms with Crippen LogP contribution < -0.4 is 10.6 Å². The highest BCUT2D eigenvalue weighted by atomic mass is 32.1. The van der Waals surface area contributed by atoms with Gasteiger partial charge in [-0.15, -0.1) is 0 Å². The summed E-state index contributed by atoms with van der Waals surface area (Å²) in [4.78, 5) is 38.0. The second-order valence-corrected chi connectivity index (χ2v) is 6.44. The van der Waals surface area contributed by atoms with E-state index in [4.69, 9.17) is 17.0 Å². The minimum absolute atomic E-state index is 0.119. The zero-order valence-electron chi connectivity index (χ0n) is 14.9. The van der Waals surface area contributed by atoms with E-state index in [-0.39, 0.29) is 23.3 Å². The Morgan fingerprint density at radius 3 is 2.88 bits per heavy atom. The first-order chi connectivity index (χ1) is 12.4. The number of thiocarbonyl (C=S) groups is 1. The molecule has 2 rings (SSSR count). The number of aryl methyl sites for hydroxylation is 1. The van der Waals surface area contributed by atoms with Crippen molar-refractivity contribution in [1.29, 1.82) is 0 Å². The summed E-state index contributed by atoms with van der Waals surface area (Å²) in [5.74, 6) is -1.12. The first kappa shape index (κ1) is 19.8. The van der Waals surface area contributed by atoms with Crippen LogP contribution in [-0.2, 0) is 14.3 Å². The van der Waals surface area contributed by atoms with Crippen LogP contribution in [0.15, 0.2) is 24.3 Å². The van der Waals surface area contributed by atoms with Crippen molar-refractivity contribution in [3.8, 4) is 0 Å². The predicted octanol–water partition coefficient (Wildman–Crippen LogP) is 1.15. The van der Waals surface area contributed by atoms with Gasteiger partial charge in [0.1, 0.15) is 6.04 Å². The Balaban J connectivity index is 2.05. The quantitative estimate of drug-likeness (QED) is 0.591. The molecule has 7 nitrogen and oxygen atoms in total. The number of piperazine rings is 1. The van der Waals surface area contributed by atoms with Crippen molar-refractivity contribution in [2.24, 2.45) is 0 Å². The summed E-state index contributed by atoms with van der Waals surface area (Å²) < 4.78 is 5.06. The van der Waals surface area contributed by atoms with Crippen LogP contribution in [0.1, 0.15) is 35.7 Å². The lowest BCUT2D eigenvalue weighted by molar-refractivity contribution is -0.147. The third-order valence-corrected chi connectivity index (χ3v) is 4.26. The van der Waals surface area contributed by atoms with E-state index in [9.17, 15) is 14.4 Å². The van der Waals surface area contributed by atoms with Gasteiger partial charge < -0.3 is 15.0 Å². The van der Waals surface area contributed by atoms with E-state index in [1.54, 1.807) is 23.1 Å². The third-order valence-electron chi connectivity index (χ3n) is 3.92. The lowest BCUT2D eigenvalue weighted by Gasteiger charge is -2.36. The Hall–Kier alpha value is -2.48. The van der Waals surface area contributed by atoms with Crippen molar-refractivity contribution in [2.45, 2.75) is 32.7 Å². The van der Waals surface area contributed by atoms with Gasteiger partial charge in [-0.1, -0.05) is 24.6 Å². The lowest BCUT2D eigenvalue weighted by Crippen LogP contribution is -2.60. The van der Waals surface area contributed by atoms with E-state index in [2.05, 4.69) is 10.6 Å². The largest absolute Gasteiger partial charge is 0.466 e. The van der Waals surface area contributed by atoms with Crippen molar-refractivity contribution in [1.82, 2.24) is 15.5 Å². The molecule has 0 aliphatic carbocycles. The molecular weight excluding hydrogens is 354 g/mol. The molecule has 1 aliphatic rings. The summed E-state index contributed by atoms with van der Waals surface area (Å²) in [6, 6.07) is 6.32. The number of nitrogens with zero attached hydrogens (tertiary/aromatic N) is 1. The maximum atomic E-state index is 12.4. The number of carbonyl (C=O) groups excluding carboxylic acids is 3. The molecule has 140 valence electrons. The fraction of sp³-hybridized carbons (Fsp3) is 0.444. The average molecular weight is 377 g/mol. The summed E-state index contributed by atoms with van der Waals surface area (Å²) in [6.07, 6.45) is 0.587. The molecule has 0 aromatic heterocycles. The van der Waals surface area contributed by atoms with Crippen LogP contribution in [0.3, 0.4) is 0 Å². The Morgan fingerprint density at radius 2 is 2.19 bits per heavy atom. The van der Waals surface area contributed by atoms with Crippen molar-refractivity contribution in [2.75, 3.05) is 19.7 Å². The van der Waals surface area contributed by atoms with Crippen LogP contribution >= 0.6 is 12.2 Å². The number of benzene rings is 1. The summed E-state index contributed by atoms with van der Waals surface area (Å²) >= 11 is 5.32. The second-order valence-electron chi connectivity index (χ2n) is 6.05. The van der Waals surface area contributed by atoms with Crippen molar-refractivity contribution in [3.05, 3.63) is 35.4 Å². The van der Waals surface area contributed by atoms with Gasteiger partial charge in [-0.3, -0.25) is 19.7 Å². The van der Waals surface area contributed by atoms with Crippen LogP contribution in [0.4, 0.5) is 0 Å². The van der Waals surface area contributed by atoms with Gasteiger partial charge >= 0.3 is 5.97 Å². The first-order valence-electron chi connectivity index (χ1n) is 8.54. The van der Waals surface area contributed by atoms with Crippen molar-refractivity contribution >= 4 is 35.1 Å². The molecule has 26 heavy (non-hydrogen) atoms. The van der Waals surface area contributed by atoms with Gasteiger partial charge in [-0.2, -0.15) is 0 Å². The number of hydrogen-bond acceptors (Lipinski definition) is 5. The number of rotatable bonds is 5. The molecule has 1 fully saturated rings. The molecule has 2 N–H and O–H groups in total. The van der Waals surface area contributed by atoms with E-state index in [0.717, 1.165) is 5.56 Å². The molecule has 2 amide bonds. The minimum atomic E-state index is -0.793. The lowest BCUT2D eigenvalue weighted by atomic mass is 10.1. The SMILES string of the molecule is CCCOC(=O)C[C@H]1C(=O)NCCN1C(=S)NC(=O)c1cccc(C)c1. The number of nitrogens with one attached hydrogen (secondary N) is 2. The molecule has 8 heteroatoms. The highest BCUT2D eigenvalue weighted by Crippen LogP contribution is 2.12. The molecule has 1 saturated heterocycles. The summed E-state index contributed by atoms with van der Waals surface area (Å²) in [5.41, 5.74) is 1.44. The standard InChI is InChI=1S/C18H23N3O4S/c1-3-9-25-15(22)11-14-17(24)19-7-8-21(14)18(26)20-16(23)13-6-4-5-12(2)10-13/h4-6,10,14H,3,7-9,11H2,1-2H3,(H,19,24)(H,20,23,26)/t14-/m0/s1. The van der Waals surface area contributed by atoms with Gasteiger partial charge in [0.15, 0.2) is 5.11 Å². The van der Waals surface area contributed by atoms with Gasteiger partial charge in [0.05, 0.1) is 13.0 Å².